The average Bonchev–Trinajstić information content (AvgIpc) is 2.67. The fourth-order valence-corrected chi connectivity index (χ4v) is 2.27. The molecule has 1 fully saturated rings. The van der Waals surface area contributed by atoms with E-state index in [-0.39, 0.29) is 6.61 Å². The van der Waals surface area contributed by atoms with Gasteiger partial charge in [-0.25, -0.2) is 0 Å². The van der Waals surface area contributed by atoms with Gasteiger partial charge in [0.15, 0.2) is 0 Å². The number of aliphatic hydroxyl groups excluding tert-OH is 1. The summed E-state index contributed by atoms with van der Waals surface area (Å²) in [4.78, 5) is 0. The third kappa shape index (κ3) is 3.61. The maximum absolute atomic E-state index is 9.68. The average molecular weight is 304 g/mol. The van der Waals surface area contributed by atoms with Crippen molar-refractivity contribution in [2.24, 2.45) is 0 Å². The summed E-state index contributed by atoms with van der Waals surface area (Å²) in [5, 5.41) is 9.68. The first-order chi connectivity index (χ1) is 10.3. The number of hydrogen-bond acceptors (Lipinski definition) is 4. The molecule has 0 radical (unpaired) electrons. The van der Waals surface area contributed by atoms with Crippen molar-refractivity contribution in [3.05, 3.63) is 40.9 Å². The molecule has 0 saturated carbocycles. The number of rotatable bonds is 5. The second-order valence-corrected chi connectivity index (χ2v) is 6.64. The van der Waals surface area contributed by atoms with E-state index in [2.05, 4.69) is 0 Å². The highest BCUT2D eigenvalue weighted by Crippen LogP contribution is 2.38. The minimum absolute atomic E-state index is 0.101. The molecule has 1 aliphatic rings. The van der Waals surface area contributed by atoms with Gasteiger partial charge in [-0.3, -0.25) is 0 Å². The standard InChI is InChI=1S/C17H25BO4/c1-16(2)17(3,4)22-18(21-16)15(11-19)10-13-6-8-14(9-7-13)12-20-5/h6-10,19H,11-12H2,1-5H3. The van der Waals surface area contributed by atoms with E-state index in [1.54, 1.807) is 7.11 Å². The van der Waals surface area contributed by atoms with Gasteiger partial charge in [0.1, 0.15) is 0 Å². The Morgan fingerprint density at radius 1 is 1.14 bits per heavy atom. The molecule has 5 heteroatoms. The normalized spacial score (nSPS) is 20.5. The molecule has 4 nitrogen and oxygen atoms in total. The van der Waals surface area contributed by atoms with E-state index in [4.69, 9.17) is 14.0 Å². The second-order valence-electron chi connectivity index (χ2n) is 6.64. The van der Waals surface area contributed by atoms with E-state index in [0.29, 0.717) is 6.61 Å². The maximum Gasteiger partial charge on any atom is 0.492 e. The van der Waals surface area contributed by atoms with Crippen molar-refractivity contribution >= 4 is 13.2 Å². The fourth-order valence-electron chi connectivity index (χ4n) is 2.27. The van der Waals surface area contributed by atoms with Crippen LogP contribution in [-0.2, 0) is 20.7 Å². The summed E-state index contributed by atoms with van der Waals surface area (Å²) in [6.45, 7) is 8.50. The highest BCUT2D eigenvalue weighted by molar-refractivity contribution is 6.55. The SMILES string of the molecule is COCc1ccc(C=C(CO)B2OC(C)(C)C(C)(C)O2)cc1. The van der Waals surface area contributed by atoms with E-state index >= 15 is 0 Å². The van der Waals surface area contributed by atoms with E-state index in [9.17, 15) is 5.11 Å². The molecule has 2 rings (SSSR count). The van der Waals surface area contributed by atoms with Gasteiger partial charge in [0.25, 0.3) is 0 Å². The van der Waals surface area contributed by atoms with Gasteiger partial charge in [-0.2, -0.15) is 0 Å². The lowest BCUT2D eigenvalue weighted by Gasteiger charge is -2.32. The summed E-state index contributed by atoms with van der Waals surface area (Å²) in [5.41, 5.74) is 2.01. The molecule has 0 unspecified atom stereocenters. The molecular formula is C17H25BO4. The maximum atomic E-state index is 9.68. The van der Waals surface area contributed by atoms with Gasteiger partial charge in [-0.05, 0) is 44.3 Å². The predicted molar refractivity (Wildman–Crippen MR) is 88.3 cm³/mol. The first kappa shape index (κ1) is 17.2. The number of hydrogen-bond donors (Lipinski definition) is 1. The van der Waals surface area contributed by atoms with E-state index in [0.717, 1.165) is 16.6 Å². The Hall–Kier alpha value is -1.14. The molecule has 1 N–H and O–H groups in total. The Morgan fingerprint density at radius 3 is 2.14 bits per heavy atom. The molecule has 0 aliphatic carbocycles. The summed E-state index contributed by atoms with van der Waals surface area (Å²) in [6, 6.07) is 8.01. The molecule has 0 spiro atoms. The van der Waals surface area contributed by atoms with Crippen molar-refractivity contribution in [3.63, 3.8) is 0 Å². The van der Waals surface area contributed by atoms with Crippen molar-refractivity contribution in [2.45, 2.75) is 45.5 Å². The lowest BCUT2D eigenvalue weighted by Crippen LogP contribution is -2.41. The summed E-state index contributed by atoms with van der Waals surface area (Å²) < 4.78 is 17.1. The zero-order chi connectivity index (χ0) is 16.4. The molecule has 1 aromatic rings. The molecule has 120 valence electrons. The summed E-state index contributed by atoms with van der Waals surface area (Å²) in [6.07, 6.45) is 1.92. The first-order valence-corrected chi connectivity index (χ1v) is 7.54. The molecule has 1 saturated heterocycles. The number of benzene rings is 1. The molecule has 22 heavy (non-hydrogen) atoms. The number of aliphatic hydroxyl groups is 1. The van der Waals surface area contributed by atoms with E-state index in [1.807, 2.05) is 58.0 Å². The quantitative estimate of drug-likeness (QED) is 0.850. The first-order valence-electron chi connectivity index (χ1n) is 7.54. The van der Waals surface area contributed by atoms with Crippen molar-refractivity contribution in [1.82, 2.24) is 0 Å². The minimum atomic E-state index is -0.520. The largest absolute Gasteiger partial charge is 0.492 e. The molecule has 0 amide bonds. The molecule has 0 aromatic heterocycles. The van der Waals surface area contributed by atoms with Gasteiger partial charge in [0, 0.05) is 7.11 Å². The molecule has 0 bridgehead atoms. The highest BCUT2D eigenvalue weighted by Gasteiger charge is 2.52. The lowest BCUT2D eigenvalue weighted by molar-refractivity contribution is 0.00578. The van der Waals surface area contributed by atoms with Crippen molar-refractivity contribution in [1.29, 1.82) is 0 Å². The molecule has 1 aromatic carbocycles. The van der Waals surface area contributed by atoms with Crippen LogP contribution in [-0.4, -0.2) is 37.1 Å². The van der Waals surface area contributed by atoms with Crippen LogP contribution in [0.2, 0.25) is 0 Å². The van der Waals surface area contributed by atoms with Crippen LogP contribution in [0.3, 0.4) is 0 Å². The van der Waals surface area contributed by atoms with Crippen LogP contribution >= 0.6 is 0 Å². The third-order valence-electron chi connectivity index (χ3n) is 4.38. The lowest BCUT2D eigenvalue weighted by atomic mass is 9.77. The summed E-state index contributed by atoms with van der Waals surface area (Å²) >= 11 is 0. The minimum Gasteiger partial charge on any atom is -0.400 e. The Balaban J connectivity index is 2.18. The smallest absolute Gasteiger partial charge is 0.400 e. The predicted octanol–water partition coefficient (Wildman–Crippen LogP) is 2.84. The molecule has 0 atom stereocenters. The van der Waals surface area contributed by atoms with Crippen LogP contribution in [0.25, 0.3) is 6.08 Å². The van der Waals surface area contributed by atoms with Crippen molar-refractivity contribution in [3.8, 4) is 0 Å². The second kappa shape index (κ2) is 6.55. The van der Waals surface area contributed by atoms with Gasteiger partial charge >= 0.3 is 7.12 Å². The van der Waals surface area contributed by atoms with Crippen LogP contribution in [0.15, 0.2) is 29.7 Å². The van der Waals surface area contributed by atoms with Crippen LogP contribution in [0.4, 0.5) is 0 Å². The van der Waals surface area contributed by atoms with Gasteiger partial charge in [-0.1, -0.05) is 30.3 Å². The van der Waals surface area contributed by atoms with E-state index in [1.165, 1.54) is 0 Å². The molecular weight excluding hydrogens is 279 g/mol. The fraction of sp³-hybridized carbons (Fsp3) is 0.529. The van der Waals surface area contributed by atoms with Crippen LogP contribution in [0, 0.1) is 0 Å². The Morgan fingerprint density at radius 2 is 1.68 bits per heavy atom. The Bertz CT molecular complexity index is 518. The Labute approximate surface area is 133 Å². The monoisotopic (exact) mass is 304 g/mol. The van der Waals surface area contributed by atoms with Crippen LogP contribution in [0.5, 0.6) is 0 Å². The summed E-state index contributed by atoms with van der Waals surface area (Å²) in [5.74, 6) is 0. The van der Waals surface area contributed by atoms with E-state index < -0.39 is 18.3 Å². The third-order valence-corrected chi connectivity index (χ3v) is 4.38. The van der Waals surface area contributed by atoms with Gasteiger partial charge in [-0.15, -0.1) is 0 Å². The van der Waals surface area contributed by atoms with Gasteiger partial charge < -0.3 is 19.2 Å². The highest BCUT2D eigenvalue weighted by atomic mass is 16.7. The zero-order valence-electron chi connectivity index (χ0n) is 14.1. The van der Waals surface area contributed by atoms with Gasteiger partial charge in [0.05, 0.1) is 24.4 Å². The summed E-state index contributed by atoms with van der Waals surface area (Å²) in [7, 11) is 1.16. The van der Waals surface area contributed by atoms with Crippen molar-refractivity contribution in [2.75, 3.05) is 13.7 Å². The van der Waals surface area contributed by atoms with Crippen LogP contribution in [0.1, 0.15) is 38.8 Å². The van der Waals surface area contributed by atoms with Crippen molar-refractivity contribution < 1.29 is 19.2 Å². The molecule has 1 aliphatic heterocycles. The number of ether oxygens (including phenoxy) is 1. The number of methoxy groups -OCH3 is 1. The zero-order valence-corrected chi connectivity index (χ0v) is 14.1. The molecule has 1 heterocycles. The van der Waals surface area contributed by atoms with Gasteiger partial charge in [0.2, 0.25) is 0 Å². The topological polar surface area (TPSA) is 47.9 Å². The Kier molecular flexibility index (Phi) is 5.12. The van der Waals surface area contributed by atoms with Crippen LogP contribution < -0.4 is 0 Å².